The maximum absolute atomic E-state index is 12.2. The second kappa shape index (κ2) is 3.87. The van der Waals surface area contributed by atoms with E-state index in [1.54, 1.807) is 6.07 Å². The summed E-state index contributed by atoms with van der Waals surface area (Å²) in [6.07, 6.45) is -9.37. The lowest BCUT2D eigenvalue weighted by Gasteiger charge is -2.05. The summed E-state index contributed by atoms with van der Waals surface area (Å²) in [6.45, 7) is -1.71. The third-order valence-electron chi connectivity index (χ3n) is 1.43. The van der Waals surface area contributed by atoms with E-state index in [4.69, 9.17) is 0 Å². The van der Waals surface area contributed by atoms with Gasteiger partial charge in [0, 0.05) is 7.05 Å². The molecule has 0 aliphatic heterocycles. The van der Waals surface area contributed by atoms with Gasteiger partial charge in [-0.25, -0.2) is 0 Å². The number of hydrogen-bond acceptors (Lipinski definition) is 2. The Kier molecular flexibility index (Phi) is 3.06. The minimum Gasteiger partial charge on any atom is -0.467 e. The zero-order valence-corrected chi connectivity index (χ0v) is 7.78. The number of hydrogen-bond donors (Lipinski definition) is 0. The molecule has 1 radical (unpaired) electrons. The fraction of sp³-hybridized carbons (Fsp3) is 0.571. The van der Waals surface area contributed by atoms with Crippen LogP contribution in [0.4, 0.5) is 26.3 Å². The van der Waals surface area contributed by atoms with Crippen molar-refractivity contribution >= 4 is 0 Å². The van der Waals surface area contributed by atoms with Crippen molar-refractivity contribution in [3.8, 4) is 5.88 Å². The van der Waals surface area contributed by atoms with Gasteiger partial charge in [-0.15, -0.1) is 5.10 Å². The highest BCUT2D eigenvalue weighted by molar-refractivity contribution is 5.15. The minimum atomic E-state index is -4.73. The van der Waals surface area contributed by atoms with Crippen LogP contribution in [0.2, 0.25) is 0 Å². The first-order chi connectivity index (χ1) is 7.09. The van der Waals surface area contributed by atoms with Crippen LogP contribution in [0.3, 0.4) is 0 Å². The smallest absolute Gasteiger partial charge is 0.433 e. The molecule has 0 amide bonds. The van der Waals surface area contributed by atoms with E-state index in [9.17, 15) is 26.3 Å². The summed E-state index contributed by atoms with van der Waals surface area (Å²) in [6, 6.07) is 1.60. The van der Waals surface area contributed by atoms with Gasteiger partial charge in [-0.1, -0.05) is 0 Å². The van der Waals surface area contributed by atoms with Crippen molar-refractivity contribution in [2.24, 2.45) is 7.05 Å². The summed E-state index contributed by atoms with van der Waals surface area (Å²) in [5.74, 6) is -0.841. The average Bonchev–Trinajstić information content (AvgIpc) is 2.41. The molecule has 1 rings (SSSR count). The molecular formula is C7H5F6N2O. The first-order valence-electron chi connectivity index (χ1n) is 3.82. The molecule has 0 fully saturated rings. The van der Waals surface area contributed by atoms with Crippen molar-refractivity contribution in [3.05, 3.63) is 11.8 Å². The third kappa shape index (κ3) is 3.31. The van der Waals surface area contributed by atoms with Crippen molar-refractivity contribution in [3.63, 3.8) is 0 Å². The normalized spacial score (nSPS) is 12.9. The molecule has 91 valence electrons. The molecule has 0 N–H and O–H groups in total. The Balaban J connectivity index is 2.78. The summed E-state index contributed by atoms with van der Waals surface area (Å²) in [5, 5.41) is 3.10. The molecule has 0 saturated heterocycles. The van der Waals surface area contributed by atoms with Crippen LogP contribution >= 0.6 is 0 Å². The number of alkyl halides is 6. The molecule has 1 aromatic rings. The molecule has 0 bridgehead atoms. The van der Waals surface area contributed by atoms with Gasteiger partial charge in [-0.2, -0.15) is 26.3 Å². The molecule has 3 nitrogen and oxygen atoms in total. The predicted octanol–water partition coefficient (Wildman–Crippen LogP) is 2.18. The van der Waals surface area contributed by atoms with Crippen molar-refractivity contribution < 1.29 is 31.1 Å². The van der Waals surface area contributed by atoms with Crippen LogP contribution in [0, 0.1) is 6.07 Å². The van der Waals surface area contributed by atoms with Gasteiger partial charge >= 0.3 is 12.4 Å². The molecule has 0 aromatic carbocycles. The molecule has 1 aromatic heterocycles. The molecule has 0 saturated carbocycles. The van der Waals surface area contributed by atoms with E-state index in [0.717, 1.165) is 7.05 Å². The van der Waals surface area contributed by atoms with E-state index in [1.807, 2.05) is 0 Å². The molecule has 9 heteroatoms. The van der Waals surface area contributed by atoms with Gasteiger partial charge in [0.05, 0.1) is 6.07 Å². The van der Waals surface area contributed by atoms with Crippen LogP contribution in [0.25, 0.3) is 0 Å². The van der Waals surface area contributed by atoms with Crippen LogP contribution in [0.15, 0.2) is 0 Å². The van der Waals surface area contributed by atoms with Crippen molar-refractivity contribution in [1.82, 2.24) is 9.78 Å². The average molecular weight is 247 g/mol. The summed E-state index contributed by atoms with van der Waals surface area (Å²) in [5.41, 5.74) is -1.30. The lowest BCUT2D eigenvalue weighted by molar-refractivity contribution is -0.154. The molecule has 1 heterocycles. The van der Waals surface area contributed by atoms with Crippen LogP contribution in [0.1, 0.15) is 5.69 Å². The Labute approximate surface area is 85.6 Å². The van der Waals surface area contributed by atoms with Gasteiger partial charge in [0.1, 0.15) is 0 Å². The Morgan fingerprint density at radius 3 is 2.19 bits per heavy atom. The largest absolute Gasteiger partial charge is 0.467 e. The van der Waals surface area contributed by atoms with E-state index in [0.29, 0.717) is 4.68 Å². The monoisotopic (exact) mass is 247 g/mol. The first kappa shape index (κ1) is 12.7. The fourth-order valence-electron chi connectivity index (χ4n) is 0.863. The highest BCUT2D eigenvalue weighted by Gasteiger charge is 2.36. The van der Waals surface area contributed by atoms with E-state index in [2.05, 4.69) is 9.84 Å². The van der Waals surface area contributed by atoms with Crippen LogP contribution in [-0.2, 0) is 13.2 Å². The van der Waals surface area contributed by atoms with Crippen molar-refractivity contribution in [2.75, 3.05) is 6.61 Å². The molecule has 0 unspecified atom stereocenters. The Hall–Kier alpha value is -1.41. The summed E-state index contributed by atoms with van der Waals surface area (Å²) < 4.78 is 75.9. The number of aromatic nitrogens is 2. The lowest BCUT2D eigenvalue weighted by Crippen LogP contribution is -2.19. The molecule has 0 spiro atoms. The maximum Gasteiger partial charge on any atom is 0.433 e. The number of aryl methyl sites for hydroxylation is 1. The quantitative estimate of drug-likeness (QED) is 0.749. The minimum absolute atomic E-state index is 0.353. The van der Waals surface area contributed by atoms with Crippen molar-refractivity contribution in [1.29, 1.82) is 0 Å². The van der Waals surface area contributed by atoms with Crippen LogP contribution in [-0.4, -0.2) is 22.6 Å². The van der Waals surface area contributed by atoms with Gasteiger partial charge in [-0.05, 0) is 0 Å². The van der Waals surface area contributed by atoms with Crippen molar-refractivity contribution in [2.45, 2.75) is 12.4 Å². The maximum atomic E-state index is 12.2. The SMILES string of the molecule is Cn1nc(OCC(F)(F)F)[c]c1C(F)(F)F. The molecule has 16 heavy (non-hydrogen) atoms. The molecule has 0 aliphatic rings. The fourth-order valence-corrected chi connectivity index (χ4v) is 0.863. The second-order valence-electron chi connectivity index (χ2n) is 2.80. The Morgan fingerprint density at radius 1 is 1.25 bits per heavy atom. The van der Waals surface area contributed by atoms with Gasteiger partial charge < -0.3 is 4.74 Å². The molecule has 0 aliphatic carbocycles. The molecule has 0 atom stereocenters. The van der Waals surface area contributed by atoms with E-state index >= 15 is 0 Å². The number of halogens is 6. The van der Waals surface area contributed by atoms with Crippen LogP contribution in [0.5, 0.6) is 5.88 Å². The highest BCUT2D eigenvalue weighted by atomic mass is 19.4. The molecular weight excluding hydrogens is 242 g/mol. The summed E-state index contributed by atoms with van der Waals surface area (Å²) >= 11 is 0. The van der Waals surface area contributed by atoms with Gasteiger partial charge in [0.2, 0.25) is 5.88 Å². The number of rotatable bonds is 2. The summed E-state index contributed by atoms with van der Waals surface area (Å²) in [7, 11) is 0.930. The number of nitrogens with zero attached hydrogens (tertiary/aromatic N) is 2. The number of ether oxygens (including phenoxy) is 1. The Morgan fingerprint density at radius 2 is 1.81 bits per heavy atom. The van der Waals surface area contributed by atoms with Crippen LogP contribution < -0.4 is 4.74 Å². The topological polar surface area (TPSA) is 27.1 Å². The summed E-state index contributed by atoms with van der Waals surface area (Å²) in [4.78, 5) is 0. The zero-order chi connectivity index (χ0) is 12.6. The Bertz CT molecular complexity index is 366. The predicted molar refractivity (Wildman–Crippen MR) is 38.6 cm³/mol. The van der Waals surface area contributed by atoms with Gasteiger partial charge in [0.25, 0.3) is 0 Å². The second-order valence-corrected chi connectivity index (χ2v) is 2.80. The van der Waals surface area contributed by atoms with Gasteiger partial charge in [-0.3, -0.25) is 4.68 Å². The zero-order valence-electron chi connectivity index (χ0n) is 7.78. The van der Waals surface area contributed by atoms with Gasteiger partial charge in [0.15, 0.2) is 12.3 Å². The highest BCUT2D eigenvalue weighted by Crippen LogP contribution is 2.30. The standard InChI is InChI=1S/C7H5F6N2O/c1-15-4(7(11,12)13)2-5(14-15)16-3-6(8,9)10/h3H2,1H3. The third-order valence-corrected chi connectivity index (χ3v) is 1.43. The van der Waals surface area contributed by atoms with E-state index in [1.165, 1.54) is 0 Å². The van der Waals surface area contributed by atoms with E-state index < -0.39 is 30.5 Å². The lowest BCUT2D eigenvalue weighted by atomic mass is 10.4. The van der Waals surface area contributed by atoms with E-state index in [-0.39, 0.29) is 0 Å². The first-order valence-corrected chi connectivity index (χ1v) is 3.82.